The van der Waals surface area contributed by atoms with Crippen LogP contribution in [0.4, 0.5) is 0 Å². The standard InChI is InChI=1S/C18H17NO2/c1-12(2)18(20)21-13(3)19-16-10-6-4-8-14(16)15-9-5-7-11-17(15)19/h4-11,13H,1H2,2-3H3. The molecule has 0 saturated carbocycles. The number of carbonyl (C=O) groups excluding carboxylic acids is 1. The van der Waals surface area contributed by atoms with E-state index < -0.39 is 0 Å². The Bertz CT molecular complexity index is 791. The molecule has 0 aliphatic carbocycles. The Labute approximate surface area is 123 Å². The maximum Gasteiger partial charge on any atom is 0.335 e. The van der Waals surface area contributed by atoms with Crippen LogP contribution in [0, 0.1) is 0 Å². The fourth-order valence-corrected chi connectivity index (χ4v) is 2.65. The number of nitrogens with zero attached hydrogens (tertiary/aromatic N) is 1. The summed E-state index contributed by atoms with van der Waals surface area (Å²) in [6.07, 6.45) is -0.390. The lowest BCUT2D eigenvalue weighted by atomic mass is 10.2. The molecule has 3 aromatic rings. The molecule has 1 unspecified atom stereocenters. The highest BCUT2D eigenvalue weighted by Gasteiger charge is 2.17. The van der Waals surface area contributed by atoms with E-state index in [4.69, 9.17) is 4.74 Å². The Balaban J connectivity index is 2.20. The first-order chi connectivity index (χ1) is 10.1. The van der Waals surface area contributed by atoms with Gasteiger partial charge in [0.15, 0.2) is 6.23 Å². The number of aromatic nitrogens is 1. The molecule has 1 aromatic heterocycles. The first-order valence-corrected chi connectivity index (χ1v) is 6.93. The second-order valence-corrected chi connectivity index (χ2v) is 5.19. The van der Waals surface area contributed by atoms with Crippen LogP contribution in [-0.2, 0) is 9.53 Å². The summed E-state index contributed by atoms with van der Waals surface area (Å²) in [6.45, 7) is 7.16. The van der Waals surface area contributed by atoms with Gasteiger partial charge in [-0.05, 0) is 26.0 Å². The van der Waals surface area contributed by atoms with Crippen molar-refractivity contribution < 1.29 is 9.53 Å². The minimum atomic E-state index is -0.390. The van der Waals surface area contributed by atoms with Crippen molar-refractivity contribution in [3.05, 3.63) is 60.7 Å². The van der Waals surface area contributed by atoms with Crippen LogP contribution in [0.25, 0.3) is 21.8 Å². The van der Waals surface area contributed by atoms with Gasteiger partial charge in [-0.25, -0.2) is 4.79 Å². The molecule has 106 valence electrons. The summed E-state index contributed by atoms with van der Waals surface area (Å²) in [5.74, 6) is -0.371. The fourth-order valence-electron chi connectivity index (χ4n) is 2.65. The Morgan fingerprint density at radius 1 is 1.05 bits per heavy atom. The molecule has 21 heavy (non-hydrogen) atoms. The predicted molar refractivity (Wildman–Crippen MR) is 85.1 cm³/mol. The molecule has 1 heterocycles. The number of esters is 1. The first-order valence-electron chi connectivity index (χ1n) is 6.93. The van der Waals surface area contributed by atoms with E-state index in [1.165, 1.54) is 0 Å². The zero-order valence-corrected chi connectivity index (χ0v) is 12.2. The predicted octanol–water partition coefficient (Wildman–Crippen LogP) is 4.43. The largest absolute Gasteiger partial charge is 0.438 e. The molecule has 0 bridgehead atoms. The van der Waals surface area contributed by atoms with Gasteiger partial charge in [0.1, 0.15) is 0 Å². The van der Waals surface area contributed by atoms with E-state index in [0.29, 0.717) is 5.57 Å². The molecule has 0 amide bonds. The molecule has 0 aliphatic rings. The van der Waals surface area contributed by atoms with Crippen molar-refractivity contribution >= 4 is 27.8 Å². The van der Waals surface area contributed by atoms with Crippen molar-refractivity contribution in [2.75, 3.05) is 0 Å². The van der Waals surface area contributed by atoms with Crippen LogP contribution in [0.1, 0.15) is 20.1 Å². The van der Waals surface area contributed by atoms with Gasteiger partial charge in [-0.3, -0.25) is 0 Å². The fraction of sp³-hybridized carbons (Fsp3) is 0.167. The summed E-state index contributed by atoms with van der Waals surface area (Å²) in [4.78, 5) is 11.8. The van der Waals surface area contributed by atoms with Gasteiger partial charge in [0, 0.05) is 16.3 Å². The molecule has 3 nitrogen and oxygen atoms in total. The van der Waals surface area contributed by atoms with E-state index in [0.717, 1.165) is 21.8 Å². The van der Waals surface area contributed by atoms with E-state index in [1.807, 2.05) is 47.9 Å². The van der Waals surface area contributed by atoms with E-state index in [1.54, 1.807) is 6.92 Å². The number of para-hydroxylation sites is 2. The molecule has 3 heteroatoms. The summed E-state index contributed by atoms with van der Waals surface area (Å²) in [7, 11) is 0. The number of rotatable bonds is 3. The van der Waals surface area contributed by atoms with Gasteiger partial charge in [0.25, 0.3) is 0 Å². The highest BCUT2D eigenvalue weighted by Crippen LogP contribution is 2.32. The Morgan fingerprint density at radius 2 is 1.52 bits per heavy atom. The molecular formula is C18H17NO2. The topological polar surface area (TPSA) is 31.2 Å². The second-order valence-electron chi connectivity index (χ2n) is 5.19. The Kier molecular flexibility index (Phi) is 3.26. The van der Waals surface area contributed by atoms with Crippen molar-refractivity contribution in [2.24, 2.45) is 0 Å². The van der Waals surface area contributed by atoms with Crippen LogP contribution in [0.3, 0.4) is 0 Å². The van der Waals surface area contributed by atoms with E-state index in [-0.39, 0.29) is 12.2 Å². The van der Waals surface area contributed by atoms with Gasteiger partial charge in [-0.2, -0.15) is 0 Å². The second kappa shape index (κ2) is 5.09. The van der Waals surface area contributed by atoms with Gasteiger partial charge in [-0.15, -0.1) is 0 Å². The lowest BCUT2D eigenvalue weighted by molar-refractivity contribution is -0.147. The van der Waals surface area contributed by atoms with Crippen molar-refractivity contribution in [2.45, 2.75) is 20.1 Å². The van der Waals surface area contributed by atoms with Gasteiger partial charge < -0.3 is 9.30 Å². The number of carbonyl (C=O) groups is 1. The van der Waals surface area contributed by atoms with Crippen LogP contribution in [0.15, 0.2) is 60.7 Å². The highest BCUT2D eigenvalue weighted by atomic mass is 16.6. The van der Waals surface area contributed by atoms with Gasteiger partial charge >= 0.3 is 5.97 Å². The molecule has 0 radical (unpaired) electrons. The van der Waals surface area contributed by atoms with E-state index in [2.05, 4.69) is 18.7 Å². The lowest BCUT2D eigenvalue weighted by Gasteiger charge is -2.17. The summed E-state index contributed by atoms with van der Waals surface area (Å²) in [5, 5.41) is 2.32. The zero-order valence-electron chi connectivity index (χ0n) is 12.2. The van der Waals surface area contributed by atoms with Crippen molar-refractivity contribution in [3.63, 3.8) is 0 Å². The van der Waals surface area contributed by atoms with Crippen LogP contribution in [0.2, 0.25) is 0 Å². The van der Waals surface area contributed by atoms with Gasteiger partial charge in [-0.1, -0.05) is 43.0 Å². The third-order valence-corrected chi connectivity index (χ3v) is 3.61. The van der Waals surface area contributed by atoms with Crippen molar-refractivity contribution in [3.8, 4) is 0 Å². The molecule has 1 atom stereocenters. The number of fused-ring (bicyclic) bond motifs is 3. The summed E-state index contributed by atoms with van der Waals surface area (Å²) >= 11 is 0. The minimum absolute atomic E-state index is 0.371. The SMILES string of the molecule is C=C(C)C(=O)OC(C)n1c2ccccc2c2ccccc21. The zero-order chi connectivity index (χ0) is 15.0. The third-order valence-electron chi connectivity index (χ3n) is 3.61. The quantitative estimate of drug-likeness (QED) is 0.524. The van der Waals surface area contributed by atoms with Crippen LogP contribution < -0.4 is 0 Å². The van der Waals surface area contributed by atoms with Crippen LogP contribution >= 0.6 is 0 Å². The maximum atomic E-state index is 11.8. The highest BCUT2D eigenvalue weighted by molar-refractivity contribution is 6.08. The molecular weight excluding hydrogens is 262 g/mol. The van der Waals surface area contributed by atoms with Crippen molar-refractivity contribution in [1.29, 1.82) is 0 Å². The lowest BCUT2D eigenvalue weighted by Crippen LogP contribution is -2.14. The van der Waals surface area contributed by atoms with E-state index >= 15 is 0 Å². The average molecular weight is 279 g/mol. The molecule has 0 fully saturated rings. The molecule has 2 aromatic carbocycles. The number of ether oxygens (including phenoxy) is 1. The molecule has 0 spiro atoms. The maximum absolute atomic E-state index is 11.8. The summed E-state index contributed by atoms with van der Waals surface area (Å²) in [6, 6.07) is 16.3. The number of benzene rings is 2. The summed E-state index contributed by atoms with van der Waals surface area (Å²) in [5.41, 5.74) is 2.52. The molecule has 0 aliphatic heterocycles. The smallest absolute Gasteiger partial charge is 0.335 e. The van der Waals surface area contributed by atoms with Crippen molar-refractivity contribution in [1.82, 2.24) is 4.57 Å². The average Bonchev–Trinajstić information content (AvgIpc) is 2.81. The molecule has 0 N–H and O–H groups in total. The summed E-state index contributed by atoms with van der Waals surface area (Å²) < 4.78 is 7.54. The van der Waals surface area contributed by atoms with E-state index in [9.17, 15) is 4.79 Å². The number of hydrogen-bond acceptors (Lipinski definition) is 2. The molecule has 3 rings (SSSR count). The monoisotopic (exact) mass is 279 g/mol. The normalized spacial score (nSPS) is 12.5. The molecule has 0 saturated heterocycles. The van der Waals surface area contributed by atoms with Crippen LogP contribution in [0.5, 0.6) is 0 Å². The Hall–Kier alpha value is -2.55. The van der Waals surface area contributed by atoms with Gasteiger partial charge in [0.2, 0.25) is 0 Å². The Morgan fingerprint density at radius 3 is 2.00 bits per heavy atom. The first kappa shape index (κ1) is 13.4. The number of hydrogen-bond donors (Lipinski definition) is 0. The van der Waals surface area contributed by atoms with Gasteiger partial charge in [0.05, 0.1) is 11.0 Å². The van der Waals surface area contributed by atoms with Crippen LogP contribution in [-0.4, -0.2) is 10.5 Å². The minimum Gasteiger partial charge on any atom is -0.438 e. The third kappa shape index (κ3) is 2.21.